The fraction of sp³-hybridized carbons (Fsp3) is 0.714. The molecule has 2 saturated heterocycles. The number of nitrogens with zero attached hydrogens (tertiary/aromatic N) is 5. The molecule has 0 aromatic carbocycles. The zero-order valence-corrected chi connectivity index (χ0v) is 18.3. The second kappa shape index (κ2) is 9.70. The Balaban J connectivity index is 1.52. The standard InChI is InChI=1S/C21H34N6O3/c1-16(28)24-18-5-10-26(11-6-18)15-21(30)7-4-9-27(12-8-21)19(29)17-13-22-20(23-14-17)25(2)3/h13-14,18,30H,4-12,15H2,1-3H3,(H,24,28)/t21-/m1/s1. The van der Waals surface area contributed by atoms with Crippen molar-refractivity contribution in [1.29, 1.82) is 0 Å². The maximum atomic E-state index is 12.9. The first-order valence-electron chi connectivity index (χ1n) is 10.8. The first-order chi connectivity index (χ1) is 14.3. The minimum atomic E-state index is -0.791. The van der Waals surface area contributed by atoms with E-state index in [-0.39, 0.29) is 17.9 Å². The molecule has 0 aliphatic carbocycles. The number of aromatic nitrogens is 2. The summed E-state index contributed by atoms with van der Waals surface area (Å²) in [6.07, 6.45) is 6.95. The smallest absolute Gasteiger partial charge is 0.256 e. The quantitative estimate of drug-likeness (QED) is 0.718. The van der Waals surface area contributed by atoms with Crippen molar-refractivity contribution >= 4 is 17.8 Å². The van der Waals surface area contributed by atoms with Crippen LogP contribution in [0.3, 0.4) is 0 Å². The molecule has 2 aliphatic rings. The number of amides is 2. The molecule has 2 fully saturated rings. The van der Waals surface area contributed by atoms with Gasteiger partial charge in [-0.3, -0.25) is 9.59 Å². The molecule has 0 unspecified atom stereocenters. The molecule has 1 aromatic heterocycles. The van der Waals surface area contributed by atoms with Gasteiger partial charge in [-0.1, -0.05) is 0 Å². The van der Waals surface area contributed by atoms with E-state index < -0.39 is 5.60 Å². The number of carbonyl (C=O) groups is 2. The van der Waals surface area contributed by atoms with Crippen LogP contribution in [0.1, 0.15) is 49.4 Å². The van der Waals surface area contributed by atoms with E-state index in [0.29, 0.717) is 44.0 Å². The summed E-state index contributed by atoms with van der Waals surface area (Å²) in [4.78, 5) is 38.4. The molecule has 0 bridgehead atoms. The van der Waals surface area contributed by atoms with Crippen molar-refractivity contribution < 1.29 is 14.7 Å². The van der Waals surface area contributed by atoms with Crippen molar-refractivity contribution in [3.05, 3.63) is 18.0 Å². The molecule has 0 radical (unpaired) electrons. The van der Waals surface area contributed by atoms with Crippen molar-refractivity contribution in [2.24, 2.45) is 0 Å². The lowest BCUT2D eigenvalue weighted by molar-refractivity contribution is -0.120. The van der Waals surface area contributed by atoms with E-state index in [0.717, 1.165) is 32.4 Å². The van der Waals surface area contributed by atoms with E-state index >= 15 is 0 Å². The normalized spacial score (nSPS) is 23.7. The number of β-amino-alcohol motifs (C(OH)–C–C–N with tert-alkyl or cyclic N) is 1. The predicted octanol–water partition coefficient (Wildman–Crippen LogP) is 0.500. The fourth-order valence-corrected chi connectivity index (χ4v) is 4.32. The van der Waals surface area contributed by atoms with Gasteiger partial charge in [0.2, 0.25) is 11.9 Å². The number of piperidine rings is 1. The molecule has 30 heavy (non-hydrogen) atoms. The first-order valence-corrected chi connectivity index (χ1v) is 10.8. The Labute approximate surface area is 178 Å². The monoisotopic (exact) mass is 418 g/mol. The average Bonchev–Trinajstić information content (AvgIpc) is 2.90. The molecule has 3 heterocycles. The van der Waals surface area contributed by atoms with Crippen molar-refractivity contribution in [3.63, 3.8) is 0 Å². The van der Waals surface area contributed by atoms with Crippen LogP contribution in [0, 0.1) is 0 Å². The lowest BCUT2D eigenvalue weighted by Gasteiger charge is -2.38. The van der Waals surface area contributed by atoms with Gasteiger partial charge in [0.05, 0.1) is 11.2 Å². The molecule has 166 valence electrons. The highest BCUT2D eigenvalue weighted by molar-refractivity contribution is 5.93. The van der Waals surface area contributed by atoms with Crippen LogP contribution in [0.15, 0.2) is 12.4 Å². The first kappa shape index (κ1) is 22.4. The van der Waals surface area contributed by atoms with E-state index in [1.807, 2.05) is 14.1 Å². The van der Waals surface area contributed by atoms with Gasteiger partial charge in [-0.05, 0) is 32.1 Å². The van der Waals surface area contributed by atoms with E-state index in [2.05, 4.69) is 20.2 Å². The van der Waals surface area contributed by atoms with Crippen molar-refractivity contribution in [3.8, 4) is 0 Å². The molecule has 0 saturated carbocycles. The number of likely N-dealkylation sites (tertiary alicyclic amines) is 2. The molecule has 1 aromatic rings. The number of aliphatic hydroxyl groups is 1. The number of nitrogens with one attached hydrogen (secondary N) is 1. The maximum Gasteiger partial charge on any atom is 0.256 e. The van der Waals surface area contributed by atoms with Gasteiger partial charge < -0.3 is 25.1 Å². The van der Waals surface area contributed by atoms with Crippen LogP contribution in [-0.2, 0) is 4.79 Å². The van der Waals surface area contributed by atoms with Gasteiger partial charge in [0.15, 0.2) is 0 Å². The summed E-state index contributed by atoms with van der Waals surface area (Å²) < 4.78 is 0. The van der Waals surface area contributed by atoms with Gasteiger partial charge in [-0.15, -0.1) is 0 Å². The van der Waals surface area contributed by atoms with Crippen molar-refractivity contribution in [2.75, 3.05) is 51.7 Å². The van der Waals surface area contributed by atoms with E-state index in [1.165, 1.54) is 0 Å². The highest BCUT2D eigenvalue weighted by Gasteiger charge is 2.34. The van der Waals surface area contributed by atoms with E-state index in [4.69, 9.17) is 0 Å². The van der Waals surface area contributed by atoms with Crippen LogP contribution >= 0.6 is 0 Å². The molecule has 2 aliphatic heterocycles. The Hall–Kier alpha value is -2.26. The number of hydrogen-bond acceptors (Lipinski definition) is 7. The van der Waals surface area contributed by atoms with Crippen LogP contribution < -0.4 is 10.2 Å². The largest absolute Gasteiger partial charge is 0.388 e. The lowest BCUT2D eigenvalue weighted by atomic mass is 9.93. The Kier molecular flexibility index (Phi) is 7.25. The summed E-state index contributed by atoms with van der Waals surface area (Å²) in [6, 6.07) is 0.233. The molecule has 2 N–H and O–H groups in total. The number of carbonyl (C=O) groups excluding carboxylic acids is 2. The molecule has 2 amide bonds. The van der Waals surface area contributed by atoms with Crippen LogP contribution in [0.25, 0.3) is 0 Å². The van der Waals surface area contributed by atoms with Gasteiger partial charge in [0.25, 0.3) is 5.91 Å². The summed E-state index contributed by atoms with van der Waals surface area (Å²) in [5, 5.41) is 14.2. The van der Waals surface area contributed by atoms with Gasteiger partial charge >= 0.3 is 0 Å². The second-order valence-corrected chi connectivity index (χ2v) is 8.79. The Morgan fingerprint density at radius 3 is 2.43 bits per heavy atom. The number of anilines is 1. The summed E-state index contributed by atoms with van der Waals surface area (Å²) >= 11 is 0. The third-order valence-electron chi connectivity index (χ3n) is 6.00. The summed E-state index contributed by atoms with van der Waals surface area (Å²) in [5.74, 6) is 0.502. The minimum absolute atomic E-state index is 0.0161. The topological polar surface area (TPSA) is 102 Å². The Morgan fingerprint density at radius 2 is 1.83 bits per heavy atom. The third kappa shape index (κ3) is 5.89. The Morgan fingerprint density at radius 1 is 1.17 bits per heavy atom. The van der Waals surface area contributed by atoms with Crippen LogP contribution in [-0.4, -0.2) is 95.2 Å². The number of rotatable bonds is 5. The summed E-state index contributed by atoms with van der Waals surface area (Å²) in [7, 11) is 3.71. The number of hydrogen-bond donors (Lipinski definition) is 2. The van der Waals surface area contributed by atoms with Gasteiger partial charge in [-0.2, -0.15) is 0 Å². The van der Waals surface area contributed by atoms with E-state index in [1.54, 1.807) is 29.1 Å². The fourth-order valence-electron chi connectivity index (χ4n) is 4.32. The highest BCUT2D eigenvalue weighted by atomic mass is 16.3. The zero-order valence-electron chi connectivity index (χ0n) is 18.3. The molecule has 1 atom stereocenters. The molecular weight excluding hydrogens is 384 g/mol. The SMILES string of the molecule is CC(=O)NC1CCN(C[C@@]2(O)CCCN(C(=O)c3cnc(N(C)C)nc3)CC2)CC1. The molecule has 9 heteroatoms. The zero-order chi connectivity index (χ0) is 21.7. The molecular formula is C21H34N6O3. The minimum Gasteiger partial charge on any atom is -0.388 e. The summed E-state index contributed by atoms with van der Waals surface area (Å²) in [6.45, 7) is 5.05. The Bertz CT molecular complexity index is 733. The lowest BCUT2D eigenvalue weighted by Crippen LogP contribution is -2.50. The highest BCUT2D eigenvalue weighted by Crippen LogP contribution is 2.26. The van der Waals surface area contributed by atoms with E-state index in [9.17, 15) is 14.7 Å². The molecule has 3 rings (SSSR count). The van der Waals surface area contributed by atoms with Crippen molar-refractivity contribution in [2.45, 2.75) is 50.7 Å². The van der Waals surface area contributed by atoms with Gasteiger partial charge in [-0.25, -0.2) is 9.97 Å². The van der Waals surface area contributed by atoms with Crippen LogP contribution in [0.4, 0.5) is 5.95 Å². The molecule has 0 spiro atoms. The predicted molar refractivity (Wildman–Crippen MR) is 114 cm³/mol. The molecule has 9 nitrogen and oxygen atoms in total. The van der Waals surface area contributed by atoms with Gasteiger partial charge in [0, 0.05) is 72.2 Å². The van der Waals surface area contributed by atoms with Crippen molar-refractivity contribution in [1.82, 2.24) is 25.1 Å². The van der Waals surface area contributed by atoms with Gasteiger partial charge in [0.1, 0.15) is 0 Å². The maximum absolute atomic E-state index is 12.9. The third-order valence-corrected chi connectivity index (χ3v) is 6.00. The second-order valence-electron chi connectivity index (χ2n) is 8.79. The van der Waals surface area contributed by atoms with Crippen LogP contribution in [0.5, 0.6) is 0 Å². The summed E-state index contributed by atoms with van der Waals surface area (Å²) in [5.41, 5.74) is -0.313. The van der Waals surface area contributed by atoms with Crippen LogP contribution in [0.2, 0.25) is 0 Å². The average molecular weight is 419 g/mol.